The van der Waals surface area contributed by atoms with Crippen molar-refractivity contribution in [3.05, 3.63) is 59.2 Å². The molecule has 2 rings (SSSR count). The number of Topliss-reactive ketones (excluding diaryl/α,β-unsaturated/α-hetero) is 2. The molecule has 140 valence electrons. The summed E-state index contributed by atoms with van der Waals surface area (Å²) in [5.41, 5.74) is 1.27. The van der Waals surface area contributed by atoms with Gasteiger partial charge >= 0.3 is 0 Å². The van der Waals surface area contributed by atoms with Gasteiger partial charge in [0.2, 0.25) is 11.6 Å². The lowest BCUT2D eigenvalue weighted by molar-refractivity contribution is -0.345. The fourth-order valence-electron chi connectivity index (χ4n) is 3.11. The van der Waals surface area contributed by atoms with E-state index in [4.69, 9.17) is 18.9 Å². The first-order chi connectivity index (χ1) is 12.4. The van der Waals surface area contributed by atoms with E-state index in [0.29, 0.717) is 0 Å². The number of methoxy groups -OCH3 is 4. The van der Waals surface area contributed by atoms with Crippen LogP contribution in [-0.4, -0.2) is 51.6 Å². The van der Waals surface area contributed by atoms with Crippen LogP contribution in [0.15, 0.2) is 53.6 Å². The van der Waals surface area contributed by atoms with Crippen molar-refractivity contribution in [1.82, 2.24) is 0 Å². The van der Waals surface area contributed by atoms with Gasteiger partial charge in [-0.15, -0.1) is 0 Å². The fraction of sp³-hybridized carbons (Fsp3) is 0.400. The number of ether oxygens (including phenoxy) is 4. The van der Waals surface area contributed by atoms with Crippen LogP contribution in [0.3, 0.4) is 0 Å². The zero-order chi connectivity index (χ0) is 19.4. The Balaban J connectivity index is 2.55. The van der Waals surface area contributed by atoms with Crippen molar-refractivity contribution >= 4 is 11.6 Å². The highest BCUT2D eigenvalue weighted by atomic mass is 16.8. The predicted molar refractivity (Wildman–Crippen MR) is 95.5 cm³/mol. The van der Waals surface area contributed by atoms with Gasteiger partial charge in [0, 0.05) is 46.0 Å². The second-order valence-electron chi connectivity index (χ2n) is 5.91. The van der Waals surface area contributed by atoms with Crippen LogP contribution in [0.4, 0.5) is 0 Å². The number of carbonyl (C=O) groups is 2. The molecule has 1 aliphatic rings. The Labute approximate surface area is 153 Å². The minimum absolute atomic E-state index is 0.147. The Morgan fingerprint density at radius 1 is 0.808 bits per heavy atom. The van der Waals surface area contributed by atoms with E-state index in [-0.39, 0.29) is 29.1 Å². The van der Waals surface area contributed by atoms with Gasteiger partial charge < -0.3 is 18.9 Å². The van der Waals surface area contributed by atoms with E-state index >= 15 is 0 Å². The zero-order valence-electron chi connectivity index (χ0n) is 15.7. The van der Waals surface area contributed by atoms with Crippen molar-refractivity contribution in [3.63, 3.8) is 0 Å². The van der Waals surface area contributed by atoms with Crippen LogP contribution < -0.4 is 0 Å². The molecule has 0 spiro atoms. The second-order valence-corrected chi connectivity index (χ2v) is 5.91. The largest absolute Gasteiger partial charge is 0.345 e. The number of rotatable bonds is 8. The maximum absolute atomic E-state index is 12.9. The molecule has 1 aromatic carbocycles. The average molecular weight is 360 g/mol. The van der Waals surface area contributed by atoms with E-state index < -0.39 is 11.6 Å². The van der Waals surface area contributed by atoms with Crippen molar-refractivity contribution in [1.29, 1.82) is 0 Å². The molecule has 0 unspecified atom stereocenters. The zero-order valence-corrected chi connectivity index (χ0v) is 15.7. The number of benzene rings is 1. The van der Waals surface area contributed by atoms with Gasteiger partial charge in [0.25, 0.3) is 0 Å². The standard InChI is InChI=1S/C20H24O6/c1-14(21)16-12-19(23-2,24-3)20(25-4,26-5)13-17(16)18(22)11-15-9-7-6-8-10-15/h6-10,12-13H,11H2,1-5H3. The summed E-state index contributed by atoms with van der Waals surface area (Å²) in [6.07, 6.45) is 3.05. The Bertz CT molecular complexity index is 724. The summed E-state index contributed by atoms with van der Waals surface area (Å²) in [6.45, 7) is 1.39. The topological polar surface area (TPSA) is 71.1 Å². The Morgan fingerprint density at radius 3 is 1.69 bits per heavy atom. The SMILES string of the molecule is COC1(OC)C=C(C(C)=O)C(C(=O)Cc2ccccc2)=CC1(OC)OC. The van der Waals surface area contributed by atoms with E-state index in [1.54, 1.807) is 0 Å². The number of hydrogen-bond acceptors (Lipinski definition) is 6. The average Bonchev–Trinajstić information content (AvgIpc) is 2.67. The molecule has 0 saturated heterocycles. The van der Waals surface area contributed by atoms with Gasteiger partial charge in [-0.3, -0.25) is 9.59 Å². The minimum Gasteiger partial charge on any atom is -0.345 e. The van der Waals surface area contributed by atoms with Crippen LogP contribution in [0.25, 0.3) is 0 Å². The lowest BCUT2D eigenvalue weighted by atomic mass is 9.84. The molecule has 0 amide bonds. The van der Waals surface area contributed by atoms with Gasteiger partial charge in [-0.25, -0.2) is 0 Å². The third kappa shape index (κ3) is 3.41. The van der Waals surface area contributed by atoms with Crippen LogP contribution in [0.5, 0.6) is 0 Å². The number of carbonyl (C=O) groups excluding carboxylic acids is 2. The number of allylic oxidation sites excluding steroid dienone is 2. The van der Waals surface area contributed by atoms with Crippen LogP contribution in [0, 0.1) is 0 Å². The second kappa shape index (κ2) is 8.05. The molecule has 26 heavy (non-hydrogen) atoms. The summed E-state index contributed by atoms with van der Waals surface area (Å²) >= 11 is 0. The molecule has 6 nitrogen and oxygen atoms in total. The van der Waals surface area contributed by atoms with E-state index in [2.05, 4.69) is 0 Å². The van der Waals surface area contributed by atoms with Crippen molar-refractivity contribution in [3.8, 4) is 0 Å². The van der Waals surface area contributed by atoms with Crippen molar-refractivity contribution in [2.75, 3.05) is 28.4 Å². The van der Waals surface area contributed by atoms with E-state index in [1.165, 1.54) is 47.5 Å². The summed E-state index contributed by atoms with van der Waals surface area (Å²) in [6, 6.07) is 9.30. The number of hydrogen-bond donors (Lipinski definition) is 0. The molecule has 0 atom stereocenters. The molecule has 1 aliphatic carbocycles. The minimum atomic E-state index is -1.52. The molecule has 0 N–H and O–H groups in total. The molecule has 6 heteroatoms. The predicted octanol–water partition coefficient (Wildman–Crippen LogP) is 2.23. The van der Waals surface area contributed by atoms with Crippen molar-refractivity contribution in [2.45, 2.75) is 24.9 Å². The van der Waals surface area contributed by atoms with E-state index in [0.717, 1.165) is 5.56 Å². The van der Waals surface area contributed by atoms with Crippen molar-refractivity contribution in [2.24, 2.45) is 0 Å². The molecule has 0 bridgehead atoms. The van der Waals surface area contributed by atoms with Gasteiger partial charge in [0.15, 0.2) is 11.6 Å². The van der Waals surface area contributed by atoms with Gasteiger partial charge in [-0.05, 0) is 24.6 Å². The molecular formula is C20H24O6. The quantitative estimate of drug-likeness (QED) is 0.662. The normalized spacial score (nSPS) is 18.0. The van der Waals surface area contributed by atoms with Crippen LogP contribution in [0.2, 0.25) is 0 Å². The lowest BCUT2D eigenvalue weighted by Gasteiger charge is -2.45. The summed E-state index contributed by atoms with van der Waals surface area (Å²) in [5.74, 6) is -3.53. The highest BCUT2D eigenvalue weighted by Gasteiger charge is 2.55. The van der Waals surface area contributed by atoms with Gasteiger partial charge in [0.05, 0.1) is 0 Å². The first-order valence-corrected chi connectivity index (χ1v) is 8.13. The molecule has 0 aliphatic heterocycles. The van der Waals surface area contributed by atoms with E-state index in [1.807, 2.05) is 30.3 Å². The van der Waals surface area contributed by atoms with Gasteiger partial charge in [0.1, 0.15) is 0 Å². The molecule has 1 aromatic rings. The Morgan fingerprint density at radius 2 is 1.27 bits per heavy atom. The van der Waals surface area contributed by atoms with Crippen molar-refractivity contribution < 1.29 is 28.5 Å². The van der Waals surface area contributed by atoms with Gasteiger partial charge in [-0.2, -0.15) is 0 Å². The number of ketones is 2. The third-order valence-electron chi connectivity index (χ3n) is 4.54. The van der Waals surface area contributed by atoms with Crippen LogP contribution >= 0.6 is 0 Å². The van der Waals surface area contributed by atoms with Gasteiger partial charge in [-0.1, -0.05) is 30.3 Å². The summed E-state index contributed by atoms with van der Waals surface area (Å²) < 4.78 is 22.0. The molecule has 0 radical (unpaired) electrons. The van der Waals surface area contributed by atoms with Crippen LogP contribution in [-0.2, 0) is 35.0 Å². The first-order valence-electron chi connectivity index (χ1n) is 8.13. The third-order valence-corrected chi connectivity index (χ3v) is 4.54. The summed E-state index contributed by atoms with van der Waals surface area (Å²) in [7, 11) is 5.65. The summed E-state index contributed by atoms with van der Waals surface area (Å²) in [4.78, 5) is 25.2. The molecule has 0 heterocycles. The highest BCUT2D eigenvalue weighted by molar-refractivity contribution is 6.12. The molecule has 0 saturated carbocycles. The highest BCUT2D eigenvalue weighted by Crippen LogP contribution is 2.41. The Kier molecular flexibility index (Phi) is 6.26. The Hall–Kier alpha value is -2.12. The molecule has 0 aromatic heterocycles. The molecule has 0 fully saturated rings. The maximum Gasteiger partial charge on any atom is 0.248 e. The smallest absolute Gasteiger partial charge is 0.248 e. The first kappa shape index (κ1) is 20.2. The van der Waals surface area contributed by atoms with E-state index in [9.17, 15) is 9.59 Å². The fourth-order valence-corrected chi connectivity index (χ4v) is 3.11. The maximum atomic E-state index is 12.9. The summed E-state index contributed by atoms with van der Waals surface area (Å²) in [5, 5.41) is 0. The molecular weight excluding hydrogens is 336 g/mol. The lowest BCUT2D eigenvalue weighted by Crippen LogP contribution is -2.59. The van der Waals surface area contributed by atoms with Crippen LogP contribution in [0.1, 0.15) is 12.5 Å². The monoisotopic (exact) mass is 360 g/mol.